The van der Waals surface area contributed by atoms with E-state index in [2.05, 4.69) is 11.3 Å². The van der Waals surface area contributed by atoms with Gasteiger partial charge in [-0.3, -0.25) is 0 Å². The van der Waals surface area contributed by atoms with Crippen LogP contribution >= 0.6 is 0 Å². The van der Waals surface area contributed by atoms with E-state index in [1.165, 1.54) is 12.1 Å². The summed E-state index contributed by atoms with van der Waals surface area (Å²) in [6.45, 7) is 6.87. The molecule has 0 aliphatic rings. The van der Waals surface area contributed by atoms with Crippen LogP contribution in [0.5, 0.6) is 5.75 Å². The summed E-state index contributed by atoms with van der Waals surface area (Å²) in [5.74, 6) is -0.545. The quantitative estimate of drug-likeness (QED) is 0.167. The van der Waals surface area contributed by atoms with Gasteiger partial charge in [-0.2, -0.15) is 0 Å². The number of esters is 1. The first kappa shape index (κ1) is 28.3. The summed E-state index contributed by atoms with van der Waals surface area (Å²) in [4.78, 5) is 11.3. The van der Waals surface area contributed by atoms with Crippen molar-refractivity contribution in [1.29, 1.82) is 0 Å². The zero-order chi connectivity index (χ0) is 27.2. The van der Waals surface area contributed by atoms with Gasteiger partial charge in [0.1, 0.15) is 17.1 Å². The summed E-state index contributed by atoms with van der Waals surface area (Å²) in [6, 6.07) is 11.7. The predicted octanol–water partition coefficient (Wildman–Crippen LogP) is 6.25. The van der Waals surface area contributed by atoms with E-state index in [1.54, 1.807) is 26.0 Å². The summed E-state index contributed by atoms with van der Waals surface area (Å²) in [6.07, 6.45) is -4.36. The van der Waals surface area contributed by atoms with Crippen LogP contribution < -0.4 is 4.74 Å². The predicted molar refractivity (Wildman–Crippen MR) is 133 cm³/mol. The average Bonchev–Trinajstić information content (AvgIpc) is 3.23. The highest BCUT2D eigenvalue weighted by Gasteiger charge is 2.32. The molecule has 0 aliphatic heterocycles. The molecule has 3 aromatic rings. The molecule has 9 heteroatoms. The van der Waals surface area contributed by atoms with Crippen LogP contribution in [0.25, 0.3) is 22.3 Å². The average molecular weight is 521 g/mol. The molecule has 2 aromatic carbocycles. The van der Waals surface area contributed by atoms with Gasteiger partial charge in [0.05, 0.1) is 24.4 Å². The number of aryl methyl sites for hydroxylation is 2. The minimum Gasteiger partial charge on any atom is -0.462 e. The molecule has 0 aliphatic carbocycles. The Morgan fingerprint density at radius 3 is 2.43 bits per heavy atom. The number of alkyl halides is 3. The van der Waals surface area contributed by atoms with Crippen molar-refractivity contribution in [2.75, 3.05) is 6.61 Å². The second-order valence-electron chi connectivity index (χ2n) is 9.12. The molecule has 3 rings (SSSR count). The normalized spacial score (nSPS) is 13.4. The molecule has 1 heterocycles. The van der Waals surface area contributed by atoms with Crippen LogP contribution in [0.4, 0.5) is 13.2 Å². The number of carbonyl (C=O) groups is 1. The lowest BCUT2D eigenvalue weighted by atomic mass is 10.0. The smallest absolute Gasteiger partial charge is 0.462 e. The monoisotopic (exact) mass is 520 g/mol. The molecule has 0 radical (unpaired) electrons. The molecular formula is C28H31F3O6. The summed E-state index contributed by atoms with van der Waals surface area (Å²) >= 11 is 0. The number of carbonyl (C=O) groups excluding carboxylic acids is 1. The highest BCUT2D eigenvalue weighted by Crippen LogP contribution is 2.37. The van der Waals surface area contributed by atoms with E-state index in [9.17, 15) is 28.2 Å². The van der Waals surface area contributed by atoms with E-state index in [-0.39, 0.29) is 23.7 Å². The van der Waals surface area contributed by atoms with Crippen LogP contribution in [0, 0.1) is 6.92 Å². The molecule has 2 N–H and O–H groups in total. The Morgan fingerprint density at radius 2 is 1.76 bits per heavy atom. The van der Waals surface area contributed by atoms with Gasteiger partial charge in [0.2, 0.25) is 0 Å². The van der Waals surface area contributed by atoms with E-state index in [0.717, 1.165) is 10.9 Å². The van der Waals surface area contributed by atoms with Crippen molar-refractivity contribution in [1.82, 2.24) is 0 Å². The van der Waals surface area contributed by atoms with Crippen molar-refractivity contribution in [3.63, 3.8) is 0 Å². The number of furan rings is 1. The van der Waals surface area contributed by atoms with Crippen LogP contribution in [0.1, 0.15) is 43.7 Å². The maximum absolute atomic E-state index is 12.9. The molecule has 0 saturated heterocycles. The first-order chi connectivity index (χ1) is 17.4. The van der Waals surface area contributed by atoms with Crippen molar-refractivity contribution in [3.8, 4) is 17.1 Å². The van der Waals surface area contributed by atoms with Gasteiger partial charge >= 0.3 is 12.3 Å². The van der Waals surface area contributed by atoms with Gasteiger partial charge in [-0.05, 0) is 81.3 Å². The number of aliphatic hydroxyl groups excluding tert-OH is 2. The zero-order valence-corrected chi connectivity index (χ0v) is 20.8. The van der Waals surface area contributed by atoms with E-state index >= 15 is 0 Å². The molecule has 0 bridgehead atoms. The van der Waals surface area contributed by atoms with Gasteiger partial charge in [-0.1, -0.05) is 24.8 Å². The summed E-state index contributed by atoms with van der Waals surface area (Å²) in [7, 11) is 0. The number of hydrogen-bond donors (Lipinski definition) is 2. The lowest BCUT2D eigenvalue weighted by Gasteiger charge is -2.17. The van der Waals surface area contributed by atoms with Gasteiger partial charge in [0.15, 0.2) is 0 Å². The van der Waals surface area contributed by atoms with E-state index in [1.807, 2.05) is 18.2 Å². The molecule has 200 valence electrons. The highest BCUT2D eigenvalue weighted by molar-refractivity contribution is 5.87. The van der Waals surface area contributed by atoms with Crippen molar-refractivity contribution in [2.24, 2.45) is 0 Å². The van der Waals surface area contributed by atoms with Crippen LogP contribution in [-0.2, 0) is 16.0 Å². The highest BCUT2D eigenvalue weighted by atomic mass is 19.4. The third-order valence-electron chi connectivity index (χ3n) is 5.85. The molecule has 2 unspecified atom stereocenters. The Labute approximate surface area is 213 Å². The topological polar surface area (TPSA) is 89.1 Å². The second kappa shape index (κ2) is 12.3. The minimum atomic E-state index is -4.82. The number of halogens is 3. The third kappa shape index (κ3) is 8.36. The Kier molecular flexibility index (Phi) is 9.39. The largest absolute Gasteiger partial charge is 0.573 e. The molecule has 1 aromatic heterocycles. The summed E-state index contributed by atoms with van der Waals surface area (Å²) in [5.41, 5.74) is 2.58. The zero-order valence-electron chi connectivity index (χ0n) is 20.8. The van der Waals surface area contributed by atoms with Crippen LogP contribution in [-0.4, -0.2) is 41.4 Å². The Hall–Kier alpha value is -3.30. The SMILES string of the molecule is C=C(C)C(=O)OCCCC(O)C(O)CCCc1ccc2cc(-c3ccc(C)cc3OC(F)(F)F)oc2c1. The van der Waals surface area contributed by atoms with Crippen LogP contribution in [0.15, 0.2) is 59.0 Å². The summed E-state index contributed by atoms with van der Waals surface area (Å²) in [5, 5.41) is 21.1. The molecule has 0 amide bonds. The van der Waals surface area contributed by atoms with Gasteiger partial charge in [0.25, 0.3) is 0 Å². The first-order valence-electron chi connectivity index (χ1n) is 12.0. The van der Waals surface area contributed by atoms with Crippen LogP contribution in [0.3, 0.4) is 0 Å². The van der Waals surface area contributed by atoms with Gasteiger partial charge in [0, 0.05) is 11.0 Å². The molecule has 6 nitrogen and oxygen atoms in total. The number of rotatable bonds is 12. The fraction of sp³-hybridized carbons (Fsp3) is 0.393. The Morgan fingerprint density at radius 1 is 1.05 bits per heavy atom. The van der Waals surface area contributed by atoms with Gasteiger partial charge in [-0.25, -0.2) is 4.79 Å². The maximum Gasteiger partial charge on any atom is 0.573 e. The fourth-order valence-corrected chi connectivity index (χ4v) is 3.89. The fourth-order valence-electron chi connectivity index (χ4n) is 3.89. The Bertz CT molecular complexity index is 1230. The molecule has 2 atom stereocenters. The maximum atomic E-state index is 12.9. The number of fused-ring (bicyclic) bond motifs is 1. The third-order valence-corrected chi connectivity index (χ3v) is 5.85. The van der Waals surface area contributed by atoms with Crippen molar-refractivity contribution in [2.45, 2.75) is 64.5 Å². The van der Waals surface area contributed by atoms with Crippen molar-refractivity contribution < 1.29 is 42.1 Å². The number of ether oxygens (including phenoxy) is 2. The number of hydrogen-bond acceptors (Lipinski definition) is 6. The second-order valence-corrected chi connectivity index (χ2v) is 9.12. The van der Waals surface area contributed by atoms with Crippen molar-refractivity contribution in [3.05, 3.63) is 65.7 Å². The van der Waals surface area contributed by atoms with E-state index in [0.29, 0.717) is 48.8 Å². The number of aliphatic hydroxyl groups is 2. The first-order valence-corrected chi connectivity index (χ1v) is 12.0. The summed E-state index contributed by atoms with van der Waals surface area (Å²) < 4.78 is 53.7. The molecule has 0 saturated carbocycles. The molecule has 0 spiro atoms. The minimum absolute atomic E-state index is 0.146. The van der Waals surface area contributed by atoms with Gasteiger partial charge in [-0.15, -0.1) is 13.2 Å². The molecule has 37 heavy (non-hydrogen) atoms. The number of benzene rings is 2. The molecule has 0 fully saturated rings. The standard InChI is InChI=1S/C28H31F3O6/c1-17(2)27(34)35-13-5-8-23(33)22(32)7-4-6-19-10-11-20-16-25(36-24(20)15-19)21-12-9-18(3)14-26(21)37-28(29,30)31/h9-12,14-16,22-23,32-33H,1,4-8,13H2,2-3H3. The lowest BCUT2D eigenvalue weighted by molar-refractivity contribution is -0.274. The van der Waals surface area contributed by atoms with Gasteiger partial charge < -0.3 is 24.1 Å². The van der Waals surface area contributed by atoms with Crippen molar-refractivity contribution >= 4 is 16.9 Å². The lowest BCUT2D eigenvalue weighted by Crippen LogP contribution is -2.26. The molecular weight excluding hydrogens is 489 g/mol. The van der Waals surface area contributed by atoms with E-state index in [4.69, 9.17) is 9.15 Å². The Balaban J connectivity index is 1.56. The van der Waals surface area contributed by atoms with Crippen LogP contribution in [0.2, 0.25) is 0 Å². The van der Waals surface area contributed by atoms with E-state index < -0.39 is 24.5 Å².